The zero-order valence-electron chi connectivity index (χ0n) is 14.7. The largest absolute Gasteiger partial charge is 0.321 e. The van der Waals surface area contributed by atoms with Gasteiger partial charge < -0.3 is 5.32 Å². The number of aromatic nitrogens is 3. The molecular formula is C19H19ClN4OS. The number of pyridine rings is 1. The molecule has 0 saturated heterocycles. The monoisotopic (exact) mass is 386 g/mol. The van der Waals surface area contributed by atoms with Gasteiger partial charge in [-0.25, -0.2) is 9.67 Å². The summed E-state index contributed by atoms with van der Waals surface area (Å²) in [5.74, 6) is 0.445. The zero-order chi connectivity index (χ0) is 18.7. The van der Waals surface area contributed by atoms with Crippen LogP contribution in [-0.4, -0.2) is 25.9 Å². The fraction of sp³-hybridized carbons (Fsp3) is 0.211. The van der Waals surface area contributed by atoms with Gasteiger partial charge in [-0.3, -0.25) is 4.79 Å². The Morgan fingerprint density at radius 2 is 2.04 bits per heavy atom. The number of carbonyl (C=O) groups is 1. The first kappa shape index (κ1) is 18.5. The molecule has 0 spiro atoms. The molecule has 0 fully saturated rings. The summed E-state index contributed by atoms with van der Waals surface area (Å²) in [5, 5.41) is 8.23. The van der Waals surface area contributed by atoms with Gasteiger partial charge in [-0.15, -0.1) is 11.8 Å². The van der Waals surface area contributed by atoms with Crippen LogP contribution in [-0.2, 0) is 0 Å². The lowest BCUT2D eigenvalue weighted by Crippen LogP contribution is -2.14. The number of rotatable bonds is 5. The third-order valence-electron chi connectivity index (χ3n) is 3.69. The molecule has 1 N–H and O–H groups in total. The quantitative estimate of drug-likeness (QED) is 0.628. The Labute approximate surface area is 161 Å². The minimum Gasteiger partial charge on any atom is -0.321 e. The first-order chi connectivity index (χ1) is 12.5. The highest BCUT2D eigenvalue weighted by molar-refractivity contribution is 8.00. The highest BCUT2D eigenvalue weighted by atomic mass is 35.5. The first-order valence-corrected chi connectivity index (χ1v) is 9.45. The molecule has 0 aliphatic carbocycles. The SMILES string of the molecule is Cc1c(C(=O)Nc2cccc(Cl)c2SC(C)C)cnn1-c1ccccn1. The van der Waals surface area contributed by atoms with Gasteiger partial charge in [0, 0.05) is 16.3 Å². The van der Waals surface area contributed by atoms with Crippen molar-refractivity contribution in [3.8, 4) is 5.82 Å². The number of hydrogen-bond donors (Lipinski definition) is 1. The lowest BCUT2D eigenvalue weighted by atomic mass is 10.2. The number of amides is 1. The Hall–Kier alpha value is -2.31. The highest BCUT2D eigenvalue weighted by Crippen LogP contribution is 2.36. The minimum atomic E-state index is -0.224. The van der Waals surface area contributed by atoms with Gasteiger partial charge in [-0.1, -0.05) is 37.6 Å². The summed E-state index contributed by atoms with van der Waals surface area (Å²) in [6.45, 7) is 6.01. The second-order valence-electron chi connectivity index (χ2n) is 5.98. The average Bonchev–Trinajstić information content (AvgIpc) is 3.00. The Kier molecular flexibility index (Phi) is 5.64. The number of benzene rings is 1. The van der Waals surface area contributed by atoms with E-state index in [2.05, 4.69) is 29.2 Å². The molecule has 0 saturated carbocycles. The molecule has 1 amide bonds. The van der Waals surface area contributed by atoms with Crippen LogP contribution < -0.4 is 5.32 Å². The van der Waals surface area contributed by atoms with Gasteiger partial charge in [0.15, 0.2) is 5.82 Å². The average molecular weight is 387 g/mol. The van der Waals surface area contributed by atoms with Crippen molar-refractivity contribution in [2.45, 2.75) is 30.9 Å². The van der Waals surface area contributed by atoms with Crippen LogP contribution in [0.1, 0.15) is 29.9 Å². The van der Waals surface area contributed by atoms with Crippen LogP contribution in [0.5, 0.6) is 0 Å². The van der Waals surface area contributed by atoms with Crippen LogP contribution in [0, 0.1) is 6.92 Å². The molecule has 0 radical (unpaired) electrons. The predicted molar refractivity (Wildman–Crippen MR) is 106 cm³/mol. The van der Waals surface area contributed by atoms with E-state index in [1.165, 1.54) is 0 Å². The molecule has 3 aromatic rings. The van der Waals surface area contributed by atoms with Crippen molar-refractivity contribution in [2.24, 2.45) is 0 Å². The number of nitrogens with one attached hydrogen (secondary N) is 1. The number of thioether (sulfide) groups is 1. The standard InChI is InChI=1S/C19H19ClN4OS/c1-12(2)26-18-15(20)7-6-8-16(18)23-19(25)14-11-22-24(13(14)3)17-9-4-5-10-21-17/h4-12H,1-3H3,(H,23,25). The summed E-state index contributed by atoms with van der Waals surface area (Å²) < 4.78 is 1.65. The van der Waals surface area contributed by atoms with Crippen molar-refractivity contribution in [2.75, 3.05) is 5.32 Å². The molecule has 26 heavy (non-hydrogen) atoms. The van der Waals surface area contributed by atoms with E-state index < -0.39 is 0 Å². The van der Waals surface area contributed by atoms with Crippen molar-refractivity contribution in [3.63, 3.8) is 0 Å². The summed E-state index contributed by atoms with van der Waals surface area (Å²) in [7, 11) is 0. The van der Waals surface area contributed by atoms with Gasteiger partial charge in [-0.2, -0.15) is 5.10 Å². The second-order valence-corrected chi connectivity index (χ2v) is 7.97. The van der Waals surface area contributed by atoms with Gasteiger partial charge in [0.25, 0.3) is 5.91 Å². The van der Waals surface area contributed by atoms with E-state index in [1.807, 2.05) is 43.3 Å². The number of carbonyl (C=O) groups excluding carboxylic acids is 1. The van der Waals surface area contributed by atoms with Crippen LogP contribution in [0.25, 0.3) is 5.82 Å². The Morgan fingerprint density at radius 3 is 2.73 bits per heavy atom. The van der Waals surface area contributed by atoms with E-state index in [0.29, 0.717) is 27.3 Å². The maximum atomic E-state index is 12.8. The van der Waals surface area contributed by atoms with Gasteiger partial charge in [0.05, 0.1) is 28.2 Å². The van der Waals surface area contributed by atoms with Crippen molar-refractivity contribution >= 4 is 35.0 Å². The first-order valence-electron chi connectivity index (χ1n) is 8.20. The van der Waals surface area contributed by atoms with E-state index in [1.54, 1.807) is 28.8 Å². The molecule has 0 unspecified atom stereocenters. The molecule has 5 nitrogen and oxygen atoms in total. The summed E-state index contributed by atoms with van der Waals surface area (Å²) >= 11 is 7.94. The highest BCUT2D eigenvalue weighted by Gasteiger charge is 2.18. The van der Waals surface area contributed by atoms with E-state index >= 15 is 0 Å². The van der Waals surface area contributed by atoms with Crippen molar-refractivity contribution < 1.29 is 4.79 Å². The normalized spacial score (nSPS) is 11.0. The smallest absolute Gasteiger partial charge is 0.259 e. The van der Waals surface area contributed by atoms with Gasteiger partial charge in [-0.05, 0) is 31.2 Å². The molecule has 2 aromatic heterocycles. The summed E-state index contributed by atoms with van der Waals surface area (Å²) in [5.41, 5.74) is 1.92. The Balaban J connectivity index is 1.88. The maximum absolute atomic E-state index is 12.8. The van der Waals surface area contributed by atoms with E-state index in [-0.39, 0.29) is 5.91 Å². The molecule has 3 rings (SSSR count). The number of hydrogen-bond acceptors (Lipinski definition) is 4. The Bertz CT molecular complexity index is 925. The van der Waals surface area contributed by atoms with Crippen LogP contribution >= 0.6 is 23.4 Å². The summed E-state index contributed by atoms with van der Waals surface area (Å²) in [6, 6.07) is 11.1. The molecule has 0 aliphatic rings. The number of halogens is 1. The topological polar surface area (TPSA) is 59.8 Å². The molecule has 0 aliphatic heterocycles. The van der Waals surface area contributed by atoms with Gasteiger partial charge >= 0.3 is 0 Å². The van der Waals surface area contributed by atoms with E-state index in [0.717, 1.165) is 10.6 Å². The summed E-state index contributed by atoms with van der Waals surface area (Å²) in [6.07, 6.45) is 3.25. The Morgan fingerprint density at radius 1 is 1.23 bits per heavy atom. The molecule has 0 bridgehead atoms. The fourth-order valence-electron chi connectivity index (χ4n) is 2.49. The molecule has 0 atom stereocenters. The lowest BCUT2D eigenvalue weighted by Gasteiger charge is -2.14. The summed E-state index contributed by atoms with van der Waals surface area (Å²) in [4.78, 5) is 17.9. The van der Waals surface area contributed by atoms with Crippen molar-refractivity contribution in [3.05, 3.63) is 65.1 Å². The van der Waals surface area contributed by atoms with E-state index in [9.17, 15) is 4.79 Å². The molecule has 2 heterocycles. The molecule has 1 aromatic carbocycles. The second kappa shape index (κ2) is 7.93. The fourth-order valence-corrected chi connectivity index (χ4v) is 3.70. The van der Waals surface area contributed by atoms with Crippen molar-refractivity contribution in [1.82, 2.24) is 14.8 Å². The van der Waals surface area contributed by atoms with Gasteiger partial charge in [0.2, 0.25) is 0 Å². The van der Waals surface area contributed by atoms with E-state index in [4.69, 9.17) is 11.6 Å². The van der Waals surface area contributed by atoms with Crippen LogP contribution in [0.2, 0.25) is 5.02 Å². The number of nitrogens with zero attached hydrogens (tertiary/aromatic N) is 3. The van der Waals surface area contributed by atoms with Crippen molar-refractivity contribution in [1.29, 1.82) is 0 Å². The van der Waals surface area contributed by atoms with Crippen LogP contribution in [0.3, 0.4) is 0 Å². The minimum absolute atomic E-state index is 0.224. The molecular weight excluding hydrogens is 368 g/mol. The molecule has 7 heteroatoms. The number of anilines is 1. The lowest BCUT2D eigenvalue weighted by molar-refractivity contribution is 0.102. The van der Waals surface area contributed by atoms with Gasteiger partial charge in [0.1, 0.15) is 0 Å². The third kappa shape index (κ3) is 3.92. The third-order valence-corrected chi connectivity index (χ3v) is 5.26. The maximum Gasteiger partial charge on any atom is 0.259 e. The predicted octanol–water partition coefficient (Wildman–Crippen LogP) is 4.98. The van der Waals surface area contributed by atoms with Crippen LogP contribution in [0.4, 0.5) is 5.69 Å². The van der Waals surface area contributed by atoms with Crippen LogP contribution in [0.15, 0.2) is 53.7 Å². The zero-order valence-corrected chi connectivity index (χ0v) is 16.3. The molecule has 134 valence electrons.